The van der Waals surface area contributed by atoms with Crippen molar-refractivity contribution >= 4 is 21.4 Å². The molecule has 0 atom stereocenters. The maximum atomic E-state index is 12.7. The highest BCUT2D eigenvalue weighted by molar-refractivity contribution is 7.91. The van der Waals surface area contributed by atoms with E-state index in [9.17, 15) is 8.42 Å². The second-order valence-electron chi connectivity index (χ2n) is 4.95. The van der Waals surface area contributed by atoms with Gasteiger partial charge in [0.25, 0.3) is 10.0 Å². The van der Waals surface area contributed by atoms with E-state index < -0.39 is 10.0 Å². The zero-order valence-corrected chi connectivity index (χ0v) is 13.2. The van der Waals surface area contributed by atoms with Crippen molar-refractivity contribution < 1.29 is 8.42 Å². The minimum atomic E-state index is -3.28. The van der Waals surface area contributed by atoms with Crippen molar-refractivity contribution in [2.24, 2.45) is 0 Å². The van der Waals surface area contributed by atoms with Crippen LogP contribution in [0.3, 0.4) is 0 Å². The van der Waals surface area contributed by atoms with Gasteiger partial charge in [0.05, 0.1) is 0 Å². The molecule has 1 aromatic rings. The number of rotatable bonds is 8. The predicted octanol–water partition coefficient (Wildman–Crippen LogP) is 2.42. The molecule has 19 heavy (non-hydrogen) atoms. The number of sulfonamides is 1. The molecule has 1 saturated carbocycles. The fraction of sp³-hybridized carbons (Fsp3) is 0.692. The molecule has 0 unspecified atom stereocenters. The highest BCUT2D eigenvalue weighted by Crippen LogP contribution is 2.34. The maximum absolute atomic E-state index is 12.7. The highest BCUT2D eigenvalue weighted by atomic mass is 32.2. The average Bonchev–Trinajstić information content (AvgIpc) is 3.08. The molecule has 0 aromatic carbocycles. The number of thiophene rings is 1. The van der Waals surface area contributed by atoms with Crippen LogP contribution in [0.5, 0.6) is 0 Å². The molecule has 0 saturated heterocycles. The van der Waals surface area contributed by atoms with Gasteiger partial charge in [-0.2, -0.15) is 4.31 Å². The van der Waals surface area contributed by atoms with E-state index in [1.807, 2.05) is 13.1 Å². The first-order valence-corrected chi connectivity index (χ1v) is 9.10. The van der Waals surface area contributed by atoms with Gasteiger partial charge in [0, 0.05) is 24.0 Å². The zero-order valence-electron chi connectivity index (χ0n) is 11.6. The number of hydrogen-bond acceptors (Lipinski definition) is 4. The molecular formula is C13H22N2O2S2. The van der Waals surface area contributed by atoms with Gasteiger partial charge in [-0.1, -0.05) is 13.3 Å². The maximum Gasteiger partial charge on any atom is 0.252 e. The van der Waals surface area contributed by atoms with Gasteiger partial charge in [-0.05, 0) is 38.4 Å². The number of hydrogen-bond donors (Lipinski definition) is 1. The average molecular weight is 302 g/mol. The molecule has 1 N–H and O–H groups in total. The van der Waals surface area contributed by atoms with Crippen molar-refractivity contribution in [2.45, 2.75) is 49.4 Å². The van der Waals surface area contributed by atoms with Gasteiger partial charge in [-0.3, -0.25) is 0 Å². The van der Waals surface area contributed by atoms with Gasteiger partial charge in [-0.15, -0.1) is 11.3 Å². The summed E-state index contributed by atoms with van der Waals surface area (Å²) >= 11 is 1.38. The normalized spacial score (nSPS) is 16.2. The Morgan fingerprint density at radius 3 is 2.74 bits per heavy atom. The number of nitrogens with one attached hydrogen (secondary N) is 1. The quantitative estimate of drug-likeness (QED) is 0.802. The van der Waals surface area contributed by atoms with Gasteiger partial charge >= 0.3 is 0 Å². The molecule has 1 heterocycles. The van der Waals surface area contributed by atoms with E-state index in [4.69, 9.17) is 0 Å². The molecular weight excluding hydrogens is 280 g/mol. The summed E-state index contributed by atoms with van der Waals surface area (Å²) in [5.41, 5.74) is 0. The van der Waals surface area contributed by atoms with Crippen molar-refractivity contribution in [3.8, 4) is 0 Å². The van der Waals surface area contributed by atoms with Crippen molar-refractivity contribution in [3.05, 3.63) is 17.0 Å². The van der Waals surface area contributed by atoms with E-state index in [0.29, 0.717) is 10.8 Å². The van der Waals surface area contributed by atoms with Crippen molar-refractivity contribution in [1.82, 2.24) is 9.62 Å². The Kier molecular flexibility index (Phi) is 5.00. The fourth-order valence-electron chi connectivity index (χ4n) is 2.06. The Balaban J connectivity index is 2.17. The first-order valence-electron chi connectivity index (χ1n) is 6.84. The van der Waals surface area contributed by atoms with Crippen LogP contribution in [-0.4, -0.2) is 32.4 Å². The summed E-state index contributed by atoms with van der Waals surface area (Å²) in [6.07, 6.45) is 3.98. The van der Waals surface area contributed by atoms with Crippen molar-refractivity contribution in [3.63, 3.8) is 0 Å². The first kappa shape index (κ1) is 15.0. The third-order valence-electron chi connectivity index (χ3n) is 3.24. The molecule has 1 aliphatic rings. The largest absolute Gasteiger partial charge is 0.315 e. The second kappa shape index (κ2) is 6.35. The summed E-state index contributed by atoms with van der Waals surface area (Å²) in [5, 5.41) is 3.05. The lowest BCUT2D eigenvalue weighted by Crippen LogP contribution is -2.33. The van der Waals surface area contributed by atoms with Crippen LogP contribution < -0.4 is 5.32 Å². The van der Waals surface area contributed by atoms with Crippen molar-refractivity contribution in [1.29, 1.82) is 0 Å². The summed E-state index contributed by atoms with van der Waals surface area (Å²) in [7, 11) is -1.42. The molecule has 0 spiro atoms. The van der Waals surface area contributed by atoms with Crippen LogP contribution in [0.15, 0.2) is 16.3 Å². The molecule has 1 aromatic heterocycles. The predicted molar refractivity (Wildman–Crippen MR) is 78.9 cm³/mol. The molecule has 2 rings (SSSR count). The Labute approximate surface area is 119 Å². The van der Waals surface area contributed by atoms with E-state index in [0.717, 1.165) is 37.1 Å². The zero-order chi connectivity index (χ0) is 13.9. The molecule has 0 aliphatic heterocycles. The molecule has 0 bridgehead atoms. The van der Waals surface area contributed by atoms with Crippen LogP contribution >= 0.6 is 11.3 Å². The van der Waals surface area contributed by atoms with Crippen LogP contribution in [0.25, 0.3) is 0 Å². The summed E-state index contributed by atoms with van der Waals surface area (Å²) in [5.74, 6) is 0. The Morgan fingerprint density at radius 1 is 1.42 bits per heavy atom. The minimum Gasteiger partial charge on any atom is -0.315 e. The molecule has 0 radical (unpaired) electrons. The topological polar surface area (TPSA) is 49.4 Å². The molecule has 108 valence electrons. The van der Waals surface area contributed by atoms with Gasteiger partial charge in [0.1, 0.15) is 4.21 Å². The fourth-order valence-corrected chi connectivity index (χ4v) is 5.28. The van der Waals surface area contributed by atoms with E-state index in [2.05, 4.69) is 12.2 Å². The molecule has 4 nitrogen and oxygen atoms in total. The molecule has 6 heteroatoms. The van der Waals surface area contributed by atoms with Gasteiger partial charge in [0.2, 0.25) is 0 Å². The van der Waals surface area contributed by atoms with E-state index in [1.54, 1.807) is 10.4 Å². The number of unbranched alkanes of at least 4 members (excludes halogenated alkanes) is 1. The third-order valence-corrected chi connectivity index (χ3v) is 6.74. The van der Waals surface area contributed by atoms with Gasteiger partial charge < -0.3 is 5.32 Å². The summed E-state index contributed by atoms with van der Waals surface area (Å²) in [6.45, 7) is 3.47. The lowest BCUT2D eigenvalue weighted by Gasteiger charge is -2.20. The third kappa shape index (κ3) is 3.56. The Bertz CT molecular complexity index is 506. The molecule has 1 fully saturated rings. The number of nitrogens with zero attached hydrogens (tertiary/aromatic N) is 1. The van der Waals surface area contributed by atoms with E-state index >= 15 is 0 Å². The second-order valence-corrected chi connectivity index (χ2v) is 8.24. The lowest BCUT2D eigenvalue weighted by molar-refractivity contribution is 0.397. The standard InChI is InChI=1S/C13H22N2O2S2/c1-3-4-9-15(11-5-6-11)19(16,17)13-8-7-12(18-13)10-14-2/h7-8,11,14H,3-6,9-10H2,1-2H3. The SMILES string of the molecule is CCCCN(C1CC1)S(=O)(=O)c1ccc(CNC)s1. The van der Waals surface area contributed by atoms with Gasteiger partial charge in [0.15, 0.2) is 0 Å². The van der Waals surface area contributed by atoms with Crippen LogP contribution in [0, 0.1) is 0 Å². The van der Waals surface area contributed by atoms with Crippen molar-refractivity contribution in [2.75, 3.05) is 13.6 Å². The molecule has 1 aliphatic carbocycles. The van der Waals surface area contributed by atoms with E-state index in [1.165, 1.54) is 11.3 Å². The first-order chi connectivity index (χ1) is 9.09. The van der Waals surface area contributed by atoms with Crippen LogP contribution in [-0.2, 0) is 16.6 Å². The van der Waals surface area contributed by atoms with Gasteiger partial charge in [-0.25, -0.2) is 8.42 Å². The molecule has 0 amide bonds. The summed E-state index contributed by atoms with van der Waals surface area (Å²) < 4.78 is 27.5. The lowest BCUT2D eigenvalue weighted by atomic mass is 10.3. The van der Waals surface area contributed by atoms with Crippen LogP contribution in [0.4, 0.5) is 0 Å². The summed E-state index contributed by atoms with van der Waals surface area (Å²) in [6, 6.07) is 3.89. The highest BCUT2D eigenvalue weighted by Gasteiger charge is 2.38. The monoisotopic (exact) mass is 302 g/mol. The van der Waals surface area contributed by atoms with E-state index in [-0.39, 0.29) is 6.04 Å². The van der Waals surface area contributed by atoms with Crippen LogP contribution in [0.2, 0.25) is 0 Å². The Hall–Kier alpha value is -0.430. The smallest absolute Gasteiger partial charge is 0.252 e. The summed E-state index contributed by atoms with van der Waals surface area (Å²) in [4.78, 5) is 1.06. The van der Waals surface area contributed by atoms with Crippen LogP contribution in [0.1, 0.15) is 37.5 Å². The minimum absolute atomic E-state index is 0.242. The Morgan fingerprint density at radius 2 is 2.16 bits per heavy atom.